The van der Waals surface area contributed by atoms with Crippen LogP contribution in [0.25, 0.3) is 22.3 Å². The highest BCUT2D eigenvalue weighted by atomic mass is 35.5. The zero-order chi connectivity index (χ0) is 18.1. The lowest BCUT2D eigenvalue weighted by molar-refractivity contribution is 0.462. The van der Waals surface area contributed by atoms with Crippen molar-refractivity contribution in [1.29, 1.82) is 0 Å². The van der Waals surface area contributed by atoms with Crippen LogP contribution in [0.1, 0.15) is 32.1 Å². The Bertz CT molecular complexity index is 937. The van der Waals surface area contributed by atoms with Gasteiger partial charge in [0.05, 0.1) is 10.0 Å². The summed E-state index contributed by atoms with van der Waals surface area (Å²) in [6.07, 6.45) is 8.75. The Morgan fingerprint density at radius 3 is 2.54 bits per heavy atom. The van der Waals surface area contributed by atoms with E-state index in [4.69, 9.17) is 23.2 Å². The summed E-state index contributed by atoms with van der Waals surface area (Å²) >= 11 is 12.9. The molecule has 1 aliphatic rings. The van der Waals surface area contributed by atoms with E-state index in [9.17, 15) is 4.39 Å². The van der Waals surface area contributed by atoms with Crippen LogP contribution >= 0.6 is 23.2 Å². The lowest BCUT2D eigenvalue weighted by atomic mass is 9.95. The highest BCUT2D eigenvalue weighted by molar-refractivity contribution is 6.40. The van der Waals surface area contributed by atoms with Crippen LogP contribution in [0, 0.1) is 5.82 Å². The second kappa shape index (κ2) is 7.33. The molecule has 7 heteroatoms. The van der Waals surface area contributed by atoms with Crippen LogP contribution in [0.5, 0.6) is 0 Å². The third-order valence-corrected chi connectivity index (χ3v) is 5.40. The van der Waals surface area contributed by atoms with Crippen molar-refractivity contribution >= 4 is 40.2 Å². The molecular weight excluding hydrogens is 374 g/mol. The summed E-state index contributed by atoms with van der Waals surface area (Å²) in [5.41, 5.74) is 1.52. The fraction of sp³-hybridized carbons (Fsp3) is 0.316. The molecule has 1 fully saturated rings. The van der Waals surface area contributed by atoms with E-state index in [0.717, 1.165) is 25.7 Å². The van der Waals surface area contributed by atoms with Crippen LogP contribution in [-0.2, 0) is 0 Å². The first-order valence-corrected chi connectivity index (χ1v) is 9.42. The second-order valence-corrected chi connectivity index (χ2v) is 7.24. The van der Waals surface area contributed by atoms with Crippen molar-refractivity contribution in [2.45, 2.75) is 38.1 Å². The molecule has 134 valence electrons. The van der Waals surface area contributed by atoms with Crippen molar-refractivity contribution in [2.24, 2.45) is 0 Å². The number of hydrogen-bond acceptors (Lipinski definition) is 4. The monoisotopic (exact) mass is 390 g/mol. The largest absolute Gasteiger partial charge is 0.367 e. The normalized spacial score (nSPS) is 15.3. The molecule has 0 bridgehead atoms. The van der Waals surface area contributed by atoms with E-state index in [1.165, 1.54) is 18.7 Å². The predicted octanol–water partition coefficient (Wildman–Crippen LogP) is 5.88. The van der Waals surface area contributed by atoms with Crippen LogP contribution in [0.4, 0.5) is 10.2 Å². The zero-order valence-corrected chi connectivity index (χ0v) is 15.5. The van der Waals surface area contributed by atoms with Crippen LogP contribution < -0.4 is 5.32 Å². The maximum absolute atomic E-state index is 14.6. The van der Waals surface area contributed by atoms with Gasteiger partial charge in [-0.15, -0.1) is 0 Å². The minimum atomic E-state index is -0.448. The molecule has 0 spiro atoms. The maximum Gasteiger partial charge on any atom is 0.181 e. The second-order valence-electron chi connectivity index (χ2n) is 6.45. The van der Waals surface area contributed by atoms with Gasteiger partial charge in [-0.05, 0) is 25.0 Å². The van der Waals surface area contributed by atoms with Crippen molar-refractivity contribution in [2.75, 3.05) is 5.32 Å². The van der Waals surface area contributed by atoms with Crippen LogP contribution in [0.2, 0.25) is 10.0 Å². The van der Waals surface area contributed by atoms with Gasteiger partial charge >= 0.3 is 0 Å². The Balaban J connectivity index is 1.93. The standard InChI is InChI=1S/C19H17Cl2FN4/c20-12-7-4-8-13(22)14(12)15-16(21)17-19(24-10-9-23-17)26-18(15)25-11-5-2-1-3-6-11/h4,7-11H,1-3,5-6H2,(H,24,25,26). The van der Waals surface area contributed by atoms with Crippen molar-refractivity contribution in [3.05, 3.63) is 46.5 Å². The third kappa shape index (κ3) is 3.21. The molecule has 26 heavy (non-hydrogen) atoms. The van der Waals surface area contributed by atoms with Gasteiger partial charge in [0.2, 0.25) is 0 Å². The Kier molecular flexibility index (Phi) is 4.92. The summed E-state index contributed by atoms with van der Waals surface area (Å²) in [5, 5.41) is 4.03. The molecule has 4 nitrogen and oxygen atoms in total. The smallest absolute Gasteiger partial charge is 0.181 e. The Labute approximate surface area is 160 Å². The van der Waals surface area contributed by atoms with E-state index in [1.807, 2.05) is 0 Å². The minimum Gasteiger partial charge on any atom is -0.367 e. The molecule has 0 unspecified atom stereocenters. The number of pyridine rings is 1. The van der Waals surface area contributed by atoms with Crippen LogP contribution in [0.3, 0.4) is 0 Å². The SMILES string of the molecule is Fc1cccc(Cl)c1-c1c(NC2CCCCC2)nc2nccnc2c1Cl. The number of halogens is 3. The molecule has 1 aromatic carbocycles. The summed E-state index contributed by atoms with van der Waals surface area (Å²) < 4.78 is 14.6. The Morgan fingerprint density at radius 2 is 1.77 bits per heavy atom. The molecule has 1 N–H and O–H groups in total. The highest BCUT2D eigenvalue weighted by Crippen LogP contribution is 2.42. The number of fused-ring (bicyclic) bond motifs is 1. The van der Waals surface area contributed by atoms with E-state index in [-0.39, 0.29) is 16.6 Å². The summed E-state index contributed by atoms with van der Waals surface area (Å²) in [7, 11) is 0. The van der Waals surface area contributed by atoms with E-state index < -0.39 is 5.82 Å². The molecular formula is C19H17Cl2FN4. The number of benzene rings is 1. The molecule has 0 atom stereocenters. The Morgan fingerprint density at radius 1 is 1.00 bits per heavy atom. The average Bonchev–Trinajstić information content (AvgIpc) is 2.65. The number of nitrogens with one attached hydrogen (secondary N) is 1. The average molecular weight is 391 g/mol. The van der Waals surface area contributed by atoms with Crippen molar-refractivity contribution in [3.8, 4) is 11.1 Å². The quantitative estimate of drug-likeness (QED) is 0.606. The maximum atomic E-state index is 14.6. The predicted molar refractivity (Wildman–Crippen MR) is 103 cm³/mol. The molecule has 0 amide bonds. The van der Waals surface area contributed by atoms with Gasteiger partial charge in [0, 0.05) is 29.6 Å². The van der Waals surface area contributed by atoms with Gasteiger partial charge in [0.15, 0.2) is 5.65 Å². The number of anilines is 1. The highest BCUT2D eigenvalue weighted by Gasteiger charge is 2.24. The van der Waals surface area contributed by atoms with E-state index in [0.29, 0.717) is 27.6 Å². The van der Waals surface area contributed by atoms with Crippen molar-refractivity contribution in [1.82, 2.24) is 15.0 Å². The van der Waals surface area contributed by atoms with Gasteiger partial charge in [-0.3, -0.25) is 0 Å². The summed E-state index contributed by atoms with van der Waals surface area (Å²) in [6, 6.07) is 4.84. The van der Waals surface area contributed by atoms with E-state index in [1.54, 1.807) is 18.3 Å². The molecule has 2 aromatic heterocycles. The lowest BCUT2D eigenvalue weighted by Crippen LogP contribution is -2.23. The first kappa shape index (κ1) is 17.4. The van der Waals surface area contributed by atoms with Crippen LogP contribution in [-0.4, -0.2) is 21.0 Å². The number of aromatic nitrogens is 3. The molecule has 1 aliphatic carbocycles. The third-order valence-electron chi connectivity index (χ3n) is 4.72. The first-order chi connectivity index (χ1) is 12.6. The van der Waals surface area contributed by atoms with Crippen LogP contribution in [0.15, 0.2) is 30.6 Å². The molecule has 0 radical (unpaired) electrons. The van der Waals surface area contributed by atoms with E-state index in [2.05, 4.69) is 20.3 Å². The van der Waals surface area contributed by atoms with Gasteiger partial charge in [0.1, 0.15) is 17.2 Å². The first-order valence-electron chi connectivity index (χ1n) is 8.66. The molecule has 2 heterocycles. The summed E-state index contributed by atoms with van der Waals surface area (Å²) in [6.45, 7) is 0. The van der Waals surface area contributed by atoms with Gasteiger partial charge < -0.3 is 5.32 Å². The lowest BCUT2D eigenvalue weighted by Gasteiger charge is -2.25. The van der Waals surface area contributed by atoms with Gasteiger partial charge in [-0.1, -0.05) is 48.5 Å². The van der Waals surface area contributed by atoms with Gasteiger partial charge in [-0.2, -0.15) is 0 Å². The van der Waals surface area contributed by atoms with Crippen molar-refractivity contribution < 1.29 is 4.39 Å². The molecule has 0 aliphatic heterocycles. The molecule has 0 saturated heterocycles. The summed E-state index contributed by atoms with van der Waals surface area (Å²) in [5.74, 6) is 0.0537. The topological polar surface area (TPSA) is 50.7 Å². The zero-order valence-electron chi connectivity index (χ0n) is 14.0. The van der Waals surface area contributed by atoms with Crippen molar-refractivity contribution in [3.63, 3.8) is 0 Å². The number of hydrogen-bond donors (Lipinski definition) is 1. The molecule has 3 aromatic rings. The fourth-order valence-corrected chi connectivity index (χ4v) is 4.04. The summed E-state index contributed by atoms with van der Waals surface area (Å²) in [4.78, 5) is 13.1. The van der Waals surface area contributed by atoms with E-state index >= 15 is 0 Å². The van der Waals surface area contributed by atoms with Gasteiger partial charge in [-0.25, -0.2) is 19.3 Å². The molecule has 4 rings (SSSR count). The number of nitrogens with zero attached hydrogens (tertiary/aromatic N) is 3. The fourth-order valence-electron chi connectivity index (χ4n) is 3.46. The minimum absolute atomic E-state index is 0.234. The molecule has 1 saturated carbocycles. The Hall–Kier alpha value is -1.98. The number of rotatable bonds is 3. The van der Waals surface area contributed by atoms with Gasteiger partial charge in [0.25, 0.3) is 0 Å².